The first-order valence-corrected chi connectivity index (χ1v) is 42.2. The van der Waals surface area contributed by atoms with E-state index in [2.05, 4.69) is 51.8 Å². The highest BCUT2D eigenvalue weighted by Crippen LogP contribution is 2.73. The minimum atomic E-state index is -0.944. The van der Waals surface area contributed by atoms with Crippen molar-refractivity contribution < 1.29 is 138 Å². The average molecular weight is 1720 g/mol. The van der Waals surface area contributed by atoms with E-state index in [1.54, 1.807) is 37.6 Å². The lowest BCUT2D eigenvalue weighted by atomic mass is 9.62. The van der Waals surface area contributed by atoms with E-state index in [9.17, 15) is 62.3 Å². The van der Waals surface area contributed by atoms with Gasteiger partial charge in [0.2, 0.25) is 31.3 Å². The van der Waals surface area contributed by atoms with Crippen LogP contribution in [0, 0.1) is 71.0 Å². The molecule has 14 aliphatic rings. The van der Waals surface area contributed by atoms with Gasteiger partial charge in [-0.3, -0.25) is 34.0 Å². The second-order valence-corrected chi connectivity index (χ2v) is 35.4. The Balaban J connectivity index is 0.000000168. The first-order valence-electron chi connectivity index (χ1n) is 42.2. The Morgan fingerprint density at radius 1 is 0.361 bits per heavy atom. The minimum absolute atomic E-state index is 0.0328. The quantitative estimate of drug-likeness (QED) is 0.0208. The van der Waals surface area contributed by atoms with Gasteiger partial charge in [-0.05, 0) is 202 Å². The maximum absolute atomic E-state index is 12.2. The van der Waals surface area contributed by atoms with E-state index in [0.717, 1.165) is 120 Å². The first-order chi connectivity index (χ1) is 57.8. The van der Waals surface area contributed by atoms with E-state index in [1.807, 2.05) is 19.0 Å². The van der Waals surface area contributed by atoms with E-state index in [-0.39, 0.29) is 72.4 Å². The zero-order valence-electron chi connectivity index (χ0n) is 72.6. The Morgan fingerprint density at radius 2 is 0.779 bits per heavy atom. The van der Waals surface area contributed by atoms with Crippen LogP contribution < -0.4 is 0 Å². The number of hydrogen-bond acceptors (Lipinski definition) is 29. The topological polar surface area (TPSA) is 409 Å². The molecule has 0 aromatic rings. The molecule has 7 amide bonds. The Bertz CT molecular complexity index is 3910. The molecule has 5 aliphatic heterocycles. The van der Waals surface area contributed by atoms with Crippen molar-refractivity contribution in [3.05, 3.63) is 60.8 Å². The molecule has 0 N–H and O–H groups in total. The molecule has 36 heteroatoms. The second-order valence-electron chi connectivity index (χ2n) is 35.4. The van der Waals surface area contributed by atoms with Crippen LogP contribution in [-0.4, -0.2) is 315 Å². The number of carbonyl (C=O) groups is 13. The summed E-state index contributed by atoms with van der Waals surface area (Å²) in [6, 6.07) is 0. The summed E-state index contributed by atoms with van der Waals surface area (Å²) in [7, 11) is 10.9. The van der Waals surface area contributed by atoms with Crippen molar-refractivity contribution in [2.75, 3.05) is 142 Å². The number of fused-ring (bicyclic) bond motifs is 14. The minimum Gasteiger partial charge on any atom is -0.463 e. The van der Waals surface area contributed by atoms with Gasteiger partial charge in [0.1, 0.15) is 20.1 Å². The zero-order chi connectivity index (χ0) is 88.9. The van der Waals surface area contributed by atoms with Crippen LogP contribution in [0.1, 0.15) is 131 Å². The SMILES string of the molecule is C=C(C)C(=O)N(C)CC1CC2CC1C1C3OC3C21.C=C(C)C(=O)N(C)CC1CCC2OC2C1.C=C(C)C(=O)N(C)COCC1CCC2OC2C1.C=C(C)C(=O)OCOC(=O)COC(=O)N(C)CN(C)C(=O)OCC(=O)OCC1CCC2C3CC4OC4(C3)C12.C=C(C)C(=O)OCOC(=O)COC(=O)N(C)CN(C)C(=O)OCC(=O)OCC1CCC2OC2C1. The molecule has 678 valence electrons. The zero-order valence-corrected chi connectivity index (χ0v) is 72.6. The molecule has 9 saturated carbocycles. The molecule has 4 bridgehead atoms. The fourth-order valence-electron chi connectivity index (χ4n) is 19.3. The highest BCUT2D eigenvalue weighted by atomic mass is 16.7. The maximum atomic E-state index is 12.2. The monoisotopic (exact) mass is 1720 g/mol. The summed E-state index contributed by atoms with van der Waals surface area (Å²) in [6.45, 7) is 24.9. The molecule has 22 unspecified atom stereocenters. The average Bonchev–Trinajstić information content (AvgIpc) is 1.50. The Labute approximate surface area is 712 Å². The fraction of sp³-hybridized carbons (Fsp3) is 0.733. The molecule has 5 heterocycles. The third-order valence-electron chi connectivity index (χ3n) is 25.5. The normalized spacial score (nSPS) is 30.5. The molecule has 0 aromatic carbocycles. The number of ether oxygens (including phenoxy) is 16. The van der Waals surface area contributed by atoms with Gasteiger partial charge in [0.15, 0.2) is 26.4 Å². The van der Waals surface area contributed by atoms with Crippen molar-refractivity contribution in [1.82, 2.24) is 34.3 Å². The molecule has 1 spiro atoms. The van der Waals surface area contributed by atoms with E-state index in [0.29, 0.717) is 108 Å². The van der Waals surface area contributed by atoms with Crippen LogP contribution in [-0.2, 0) is 119 Å². The fourth-order valence-corrected chi connectivity index (χ4v) is 19.3. The van der Waals surface area contributed by atoms with Crippen LogP contribution in [0.4, 0.5) is 19.2 Å². The number of carbonyl (C=O) groups excluding carboxylic acids is 13. The number of hydrogen-bond donors (Lipinski definition) is 0. The summed E-state index contributed by atoms with van der Waals surface area (Å²) >= 11 is 0. The molecular formula is C86H125N7O29. The number of nitrogens with zero attached hydrogens (tertiary/aromatic N) is 7. The largest absolute Gasteiger partial charge is 0.463 e. The summed E-state index contributed by atoms with van der Waals surface area (Å²) in [5, 5.41) is 0. The molecule has 14 rings (SSSR count). The highest BCUT2D eigenvalue weighted by Gasteiger charge is 2.77. The van der Waals surface area contributed by atoms with E-state index >= 15 is 0 Å². The number of likely N-dealkylation sites (N-methyl/N-ethyl adjacent to an activating group) is 3. The second kappa shape index (κ2) is 42.4. The summed E-state index contributed by atoms with van der Waals surface area (Å²) in [5.41, 5.74) is 2.11. The van der Waals surface area contributed by atoms with Gasteiger partial charge in [-0.25, -0.2) is 47.9 Å². The van der Waals surface area contributed by atoms with Crippen molar-refractivity contribution in [1.29, 1.82) is 0 Å². The summed E-state index contributed by atoms with van der Waals surface area (Å²) in [4.78, 5) is 162. The van der Waals surface area contributed by atoms with E-state index < -0.39 is 100 Å². The van der Waals surface area contributed by atoms with Gasteiger partial charge >= 0.3 is 60.2 Å². The summed E-state index contributed by atoms with van der Waals surface area (Å²) < 4.78 is 82.0. The molecule has 22 atom stereocenters. The van der Waals surface area contributed by atoms with Crippen molar-refractivity contribution in [3.63, 3.8) is 0 Å². The molecule has 122 heavy (non-hydrogen) atoms. The van der Waals surface area contributed by atoms with Gasteiger partial charge in [0.05, 0.1) is 80.4 Å². The maximum Gasteiger partial charge on any atom is 0.411 e. The van der Waals surface area contributed by atoms with Crippen LogP contribution >= 0.6 is 0 Å². The molecule has 9 aliphatic carbocycles. The molecule has 5 saturated heterocycles. The molecule has 14 fully saturated rings. The highest BCUT2D eigenvalue weighted by molar-refractivity contribution is 5.93. The van der Waals surface area contributed by atoms with Gasteiger partial charge in [0, 0.05) is 90.3 Å². The number of amides is 7. The standard InChI is InChI=1S/C25H34N2O11.C21H30N2O11.C15H21NO2.C13H21NO3.C12H19NO2/c1-14(2)22(30)37-13-36-20(29)11-35-24(32)27(4)12-26(3)23(31)34-10-19(28)33-9-15-5-6-17-16-7-18-25(8-16,38-18)21(15)17;1-13(2)19(26)33-12-32-18(25)10-31-21(28)23(4)11-22(3)20(27)30-9-17(24)29-8-14-5-6-15-16(7-14)34-15;1-7(2)15(17)16(3)6-9-4-8-5-10(9)12-11(8)13-14(12)18-13;1-9(2)13(15)14(3)8-16-7-10-4-5-11-12(6-10)17-11;1-8(2)12(14)13(3)7-9-4-5-10-11(6-9)15-10/h15-18,21H,1,5-13H2,2-4H3;14-16H,1,5-12H2,2-4H3;8-14H,1,4-6H2,2-3H3;10-12H,1,4-8H2,2-3H3;9-11H,1,4-7H2,2-3H3. The number of rotatable bonds is 33. The van der Waals surface area contributed by atoms with Gasteiger partial charge in [-0.15, -0.1) is 0 Å². The van der Waals surface area contributed by atoms with Crippen LogP contribution in [0.15, 0.2) is 60.8 Å². The Morgan fingerprint density at radius 3 is 1.24 bits per heavy atom. The summed E-state index contributed by atoms with van der Waals surface area (Å²) in [5.74, 6) is 3.21. The molecule has 0 radical (unpaired) electrons. The van der Waals surface area contributed by atoms with Gasteiger partial charge < -0.3 is 90.5 Å². The third kappa shape index (κ3) is 26.0. The van der Waals surface area contributed by atoms with Crippen molar-refractivity contribution in [2.24, 2.45) is 71.0 Å². The first kappa shape index (κ1) is 95.0. The van der Waals surface area contributed by atoms with Crippen molar-refractivity contribution in [3.8, 4) is 0 Å². The summed E-state index contributed by atoms with van der Waals surface area (Å²) in [6.07, 6.45) is 17.7. The number of epoxide rings is 5. The van der Waals surface area contributed by atoms with Crippen LogP contribution in [0.25, 0.3) is 0 Å². The van der Waals surface area contributed by atoms with Crippen molar-refractivity contribution >= 4 is 77.9 Å². The Hall–Kier alpha value is -9.23. The van der Waals surface area contributed by atoms with Crippen LogP contribution in [0.5, 0.6) is 0 Å². The van der Waals surface area contributed by atoms with E-state index in [4.69, 9.17) is 56.8 Å². The van der Waals surface area contributed by atoms with Gasteiger partial charge in [-0.2, -0.15) is 0 Å². The molecular weight excluding hydrogens is 1590 g/mol. The predicted molar refractivity (Wildman–Crippen MR) is 429 cm³/mol. The molecule has 0 aromatic heterocycles. The molecule has 36 nitrogen and oxygen atoms in total. The lowest BCUT2D eigenvalue weighted by molar-refractivity contribution is -0.168. The smallest absolute Gasteiger partial charge is 0.411 e. The predicted octanol–water partition coefficient (Wildman–Crippen LogP) is 7.10. The lowest BCUT2D eigenvalue weighted by Crippen LogP contribution is -2.46. The van der Waals surface area contributed by atoms with Crippen LogP contribution in [0.3, 0.4) is 0 Å². The van der Waals surface area contributed by atoms with E-state index in [1.165, 1.54) is 87.0 Å². The number of esters is 6. The lowest BCUT2D eigenvalue weighted by Gasteiger charge is -2.40. The van der Waals surface area contributed by atoms with Crippen LogP contribution in [0.2, 0.25) is 0 Å². The van der Waals surface area contributed by atoms with Gasteiger partial charge in [-0.1, -0.05) is 32.9 Å². The third-order valence-corrected chi connectivity index (χ3v) is 25.5. The Kier molecular flexibility index (Phi) is 33.0. The van der Waals surface area contributed by atoms with Crippen molar-refractivity contribution in [2.45, 2.75) is 191 Å². The van der Waals surface area contributed by atoms with Gasteiger partial charge in [0.25, 0.3) is 0 Å².